The van der Waals surface area contributed by atoms with E-state index in [0.29, 0.717) is 18.1 Å². The van der Waals surface area contributed by atoms with E-state index >= 15 is 0 Å². The van der Waals surface area contributed by atoms with Crippen LogP contribution in [0.4, 0.5) is 0 Å². The molecule has 0 atom stereocenters. The Bertz CT molecular complexity index is 1240. The number of guanidine groups is 1. The van der Waals surface area contributed by atoms with Gasteiger partial charge >= 0.3 is 0 Å². The predicted octanol–water partition coefficient (Wildman–Crippen LogP) is 4.08. The molecule has 3 aromatic rings. The summed E-state index contributed by atoms with van der Waals surface area (Å²) in [6.07, 6.45) is 8.94. The van der Waals surface area contributed by atoms with E-state index in [1.165, 1.54) is 5.56 Å². The average Bonchev–Trinajstić information content (AvgIpc) is 3.37. The number of nitrogens with one attached hydrogen (secondary N) is 3. The minimum Gasteiger partial charge on any atom is -0.353 e. The van der Waals surface area contributed by atoms with Crippen molar-refractivity contribution in [2.75, 3.05) is 13.6 Å². The third-order valence-corrected chi connectivity index (χ3v) is 7.26. The highest BCUT2D eigenvalue weighted by Gasteiger charge is 2.37. The maximum absolute atomic E-state index is 13.5. The number of rotatable bonds is 8. The van der Waals surface area contributed by atoms with E-state index in [0.717, 1.165) is 49.9 Å². The number of carbonyl (C=O) groups excluding carboxylic acids is 1. The molecule has 0 spiro atoms. The second-order valence-electron chi connectivity index (χ2n) is 9.56. The van der Waals surface area contributed by atoms with Crippen LogP contribution < -0.4 is 16.0 Å². The lowest BCUT2D eigenvalue weighted by Crippen LogP contribution is -2.49. The van der Waals surface area contributed by atoms with Crippen molar-refractivity contribution in [3.63, 3.8) is 0 Å². The molecular formula is C29H35N7O. The maximum Gasteiger partial charge on any atom is 0.254 e. The van der Waals surface area contributed by atoms with Crippen LogP contribution in [0.5, 0.6) is 0 Å². The van der Waals surface area contributed by atoms with Gasteiger partial charge in [-0.25, -0.2) is 4.68 Å². The Kier molecular flexibility index (Phi) is 8.57. The summed E-state index contributed by atoms with van der Waals surface area (Å²) in [5, 5.41) is 22.7. The highest BCUT2D eigenvalue weighted by atomic mass is 16.1. The first kappa shape index (κ1) is 26.0. The number of nitriles is 1. The summed E-state index contributed by atoms with van der Waals surface area (Å²) in [5.41, 5.74) is 3.60. The summed E-state index contributed by atoms with van der Waals surface area (Å²) in [4.78, 5) is 17.6. The van der Waals surface area contributed by atoms with Gasteiger partial charge in [-0.1, -0.05) is 61.9 Å². The number of para-hydroxylation sites is 1. The molecule has 192 valence electrons. The SMILES string of the molecule is CCCc1c(C(=O)NCC2(c3ccccc3)CCC(NC(=NC)NC#N)CC2)cnn1-c1ccccc1. The van der Waals surface area contributed by atoms with Crippen LogP contribution in [0.25, 0.3) is 5.69 Å². The number of benzene rings is 2. The van der Waals surface area contributed by atoms with Gasteiger partial charge < -0.3 is 10.6 Å². The molecule has 0 bridgehead atoms. The van der Waals surface area contributed by atoms with Crippen LogP contribution in [0.3, 0.4) is 0 Å². The molecule has 0 radical (unpaired) electrons. The van der Waals surface area contributed by atoms with Gasteiger partial charge in [-0.15, -0.1) is 0 Å². The Morgan fingerprint density at radius 2 is 1.81 bits per heavy atom. The first-order chi connectivity index (χ1) is 18.1. The minimum absolute atomic E-state index is 0.0835. The van der Waals surface area contributed by atoms with Gasteiger partial charge in [0.05, 0.1) is 23.1 Å². The molecule has 0 saturated heterocycles. The number of nitrogens with zero attached hydrogens (tertiary/aromatic N) is 4. The zero-order valence-electron chi connectivity index (χ0n) is 21.6. The van der Waals surface area contributed by atoms with Crippen molar-refractivity contribution in [2.24, 2.45) is 4.99 Å². The molecular weight excluding hydrogens is 462 g/mol. The Hall–Kier alpha value is -4.12. The molecule has 3 N–H and O–H groups in total. The van der Waals surface area contributed by atoms with E-state index in [9.17, 15) is 4.79 Å². The van der Waals surface area contributed by atoms with Gasteiger partial charge in [-0.05, 0) is 49.8 Å². The zero-order chi connectivity index (χ0) is 26.1. The van der Waals surface area contributed by atoms with Crippen molar-refractivity contribution >= 4 is 11.9 Å². The smallest absolute Gasteiger partial charge is 0.254 e. The molecule has 0 unspecified atom stereocenters. The molecule has 1 aromatic heterocycles. The molecule has 1 aliphatic carbocycles. The van der Waals surface area contributed by atoms with Gasteiger partial charge in [-0.2, -0.15) is 10.4 Å². The fraction of sp³-hybridized carbons (Fsp3) is 0.379. The van der Waals surface area contributed by atoms with Crippen molar-refractivity contribution < 1.29 is 4.79 Å². The quantitative estimate of drug-likeness (QED) is 0.188. The lowest BCUT2D eigenvalue weighted by Gasteiger charge is -2.41. The first-order valence-corrected chi connectivity index (χ1v) is 12.9. The second kappa shape index (κ2) is 12.2. The van der Waals surface area contributed by atoms with Crippen molar-refractivity contribution in [1.82, 2.24) is 25.7 Å². The Morgan fingerprint density at radius 1 is 1.14 bits per heavy atom. The maximum atomic E-state index is 13.5. The molecule has 1 saturated carbocycles. The molecule has 1 amide bonds. The van der Waals surface area contributed by atoms with Crippen molar-refractivity contribution in [2.45, 2.75) is 56.9 Å². The third kappa shape index (κ3) is 6.00. The lowest BCUT2D eigenvalue weighted by atomic mass is 9.68. The summed E-state index contributed by atoms with van der Waals surface area (Å²) in [7, 11) is 1.66. The number of aromatic nitrogens is 2. The Labute approximate surface area is 218 Å². The summed E-state index contributed by atoms with van der Waals surface area (Å²) >= 11 is 0. The van der Waals surface area contributed by atoms with Gasteiger partial charge in [0.25, 0.3) is 5.91 Å². The van der Waals surface area contributed by atoms with Crippen molar-refractivity contribution in [3.8, 4) is 11.9 Å². The minimum atomic E-state index is -0.165. The van der Waals surface area contributed by atoms with Crippen LogP contribution in [-0.2, 0) is 11.8 Å². The molecule has 2 aromatic carbocycles. The molecule has 1 aliphatic rings. The van der Waals surface area contributed by atoms with Crippen LogP contribution >= 0.6 is 0 Å². The van der Waals surface area contributed by atoms with Gasteiger partial charge in [0, 0.05) is 25.0 Å². The normalized spacial score (nSPS) is 19.6. The van der Waals surface area contributed by atoms with E-state index in [1.54, 1.807) is 13.2 Å². The number of hydrogen-bond acceptors (Lipinski definition) is 4. The van der Waals surface area contributed by atoms with Crippen LogP contribution in [-0.4, -0.2) is 41.3 Å². The van der Waals surface area contributed by atoms with Crippen LogP contribution in [0.2, 0.25) is 0 Å². The van der Waals surface area contributed by atoms with Crippen molar-refractivity contribution in [1.29, 1.82) is 5.26 Å². The number of amides is 1. The zero-order valence-corrected chi connectivity index (χ0v) is 21.6. The van der Waals surface area contributed by atoms with Gasteiger partial charge in [0.2, 0.25) is 5.96 Å². The second-order valence-corrected chi connectivity index (χ2v) is 9.56. The Balaban J connectivity index is 1.51. The standard InChI is InChI=1S/C29H35N7O/c1-3-10-26-25(19-34-36(26)24-13-8-5-9-14-24)27(37)32-20-29(22-11-6-4-7-12-22)17-15-23(16-18-29)35-28(31-2)33-21-30/h4-9,11-14,19,23H,3,10,15-18,20H2,1-2H3,(H,32,37)(H2,31,33,35). The molecule has 8 nitrogen and oxygen atoms in total. The number of hydrogen-bond donors (Lipinski definition) is 3. The van der Waals surface area contributed by atoms with E-state index < -0.39 is 0 Å². The highest BCUT2D eigenvalue weighted by Crippen LogP contribution is 2.39. The number of carbonyl (C=O) groups is 1. The first-order valence-electron chi connectivity index (χ1n) is 12.9. The van der Waals surface area contributed by atoms with E-state index in [2.05, 4.69) is 57.2 Å². The van der Waals surface area contributed by atoms with E-state index in [-0.39, 0.29) is 17.4 Å². The largest absolute Gasteiger partial charge is 0.353 e. The van der Waals surface area contributed by atoms with Gasteiger partial charge in [0.1, 0.15) is 0 Å². The van der Waals surface area contributed by atoms with Gasteiger partial charge in [-0.3, -0.25) is 15.1 Å². The topological polar surface area (TPSA) is 107 Å². The molecule has 1 fully saturated rings. The van der Waals surface area contributed by atoms with E-state index in [1.807, 2.05) is 47.3 Å². The van der Waals surface area contributed by atoms with Gasteiger partial charge in [0.15, 0.2) is 6.19 Å². The molecule has 8 heteroatoms. The fourth-order valence-corrected chi connectivity index (χ4v) is 5.25. The summed E-state index contributed by atoms with van der Waals surface area (Å²) in [6.45, 7) is 2.66. The summed E-state index contributed by atoms with van der Waals surface area (Å²) in [6, 6.07) is 20.6. The average molecular weight is 498 g/mol. The molecule has 37 heavy (non-hydrogen) atoms. The fourth-order valence-electron chi connectivity index (χ4n) is 5.25. The summed E-state index contributed by atoms with van der Waals surface area (Å²) < 4.78 is 1.88. The predicted molar refractivity (Wildman–Crippen MR) is 146 cm³/mol. The van der Waals surface area contributed by atoms with Crippen LogP contribution in [0.15, 0.2) is 71.9 Å². The third-order valence-electron chi connectivity index (χ3n) is 7.26. The monoisotopic (exact) mass is 497 g/mol. The van der Waals surface area contributed by atoms with E-state index in [4.69, 9.17) is 5.26 Å². The van der Waals surface area contributed by atoms with Crippen molar-refractivity contribution in [3.05, 3.63) is 83.7 Å². The molecule has 4 rings (SSSR count). The molecule has 1 heterocycles. The highest BCUT2D eigenvalue weighted by molar-refractivity contribution is 5.95. The van der Waals surface area contributed by atoms with Crippen LogP contribution in [0, 0.1) is 11.5 Å². The van der Waals surface area contributed by atoms with Crippen LogP contribution in [0.1, 0.15) is 60.6 Å². The Morgan fingerprint density at radius 3 is 2.43 bits per heavy atom. The molecule has 0 aliphatic heterocycles. The summed E-state index contributed by atoms with van der Waals surface area (Å²) in [5.74, 6) is 0.409. The lowest BCUT2D eigenvalue weighted by molar-refractivity contribution is 0.0934. The number of aliphatic imine (C=N–C) groups is 1.